The van der Waals surface area contributed by atoms with Gasteiger partial charge in [0, 0.05) is 43.9 Å². The van der Waals surface area contributed by atoms with Gasteiger partial charge in [-0.25, -0.2) is 0 Å². The molecule has 2 heterocycles. The number of halogens is 3. The number of aliphatic hydroxyl groups is 1. The van der Waals surface area contributed by atoms with Crippen molar-refractivity contribution in [2.75, 3.05) is 18.4 Å². The summed E-state index contributed by atoms with van der Waals surface area (Å²) in [7, 11) is 0. The van der Waals surface area contributed by atoms with Crippen molar-refractivity contribution < 1.29 is 37.3 Å². The second-order valence-electron chi connectivity index (χ2n) is 12.8. The first-order valence-corrected chi connectivity index (χ1v) is 16.8. The van der Waals surface area contributed by atoms with Crippen LogP contribution in [0, 0.1) is 0 Å². The fourth-order valence-corrected chi connectivity index (χ4v) is 6.62. The Morgan fingerprint density at radius 2 is 1.48 bits per heavy atom. The molecule has 2 aliphatic heterocycles. The highest BCUT2D eigenvalue weighted by atomic mass is 19.4. The molecule has 8 nitrogen and oxygen atoms in total. The summed E-state index contributed by atoms with van der Waals surface area (Å²) in [6.45, 7) is 1.79. The van der Waals surface area contributed by atoms with Gasteiger partial charge in [0.15, 0.2) is 6.29 Å². The molecule has 0 aromatic heterocycles. The van der Waals surface area contributed by atoms with Crippen molar-refractivity contribution in [1.29, 1.82) is 0 Å². The van der Waals surface area contributed by atoms with Crippen molar-refractivity contribution in [2.45, 2.75) is 69.7 Å². The van der Waals surface area contributed by atoms with E-state index in [0.717, 1.165) is 11.1 Å². The van der Waals surface area contributed by atoms with E-state index in [1.807, 2.05) is 66.7 Å². The monoisotopic (exact) mass is 687 g/mol. The minimum absolute atomic E-state index is 0.0738. The number of alkyl halides is 3. The first kappa shape index (κ1) is 35.3. The SMILES string of the molecule is O=C(Nc1cccc([C@H]2O[C@@H](CN(Cc3ccccc3)Cc3ccccc3)C[C@@H](c3ccc(CO)cc3)O2)c1)[C@@H]1CCCN1C(=O)C(F)(F)F. The largest absolute Gasteiger partial charge is 0.471 e. The van der Waals surface area contributed by atoms with Crippen LogP contribution in [0.25, 0.3) is 0 Å². The van der Waals surface area contributed by atoms with Crippen LogP contribution >= 0.6 is 0 Å². The lowest BCUT2D eigenvalue weighted by molar-refractivity contribution is -0.253. The maximum absolute atomic E-state index is 13.2. The van der Waals surface area contributed by atoms with Crippen LogP contribution in [-0.4, -0.2) is 58.1 Å². The van der Waals surface area contributed by atoms with E-state index >= 15 is 0 Å². The lowest BCUT2D eigenvalue weighted by Crippen LogP contribution is -2.48. The Morgan fingerprint density at radius 1 is 0.820 bits per heavy atom. The van der Waals surface area contributed by atoms with Gasteiger partial charge in [0.1, 0.15) is 6.04 Å². The van der Waals surface area contributed by atoms with Crippen LogP contribution in [0.5, 0.6) is 0 Å². The maximum Gasteiger partial charge on any atom is 0.471 e. The first-order valence-electron chi connectivity index (χ1n) is 16.8. The molecular formula is C39H40F3N3O5. The average molecular weight is 688 g/mol. The van der Waals surface area contributed by atoms with Gasteiger partial charge in [-0.1, -0.05) is 97.1 Å². The Hall–Kier alpha value is -4.55. The van der Waals surface area contributed by atoms with Crippen molar-refractivity contribution in [1.82, 2.24) is 9.80 Å². The van der Waals surface area contributed by atoms with E-state index in [2.05, 4.69) is 34.5 Å². The fraction of sp³-hybridized carbons (Fsp3) is 0.333. The Morgan fingerprint density at radius 3 is 2.10 bits per heavy atom. The third-order valence-electron chi connectivity index (χ3n) is 9.06. The molecule has 262 valence electrons. The molecule has 4 atom stereocenters. The molecule has 50 heavy (non-hydrogen) atoms. The number of anilines is 1. The Kier molecular flexibility index (Phi) is 11.3. The van der Waals surface area contributed by atoms with Crippen LogP contribution in [-0.2, 0) is 38.8 Å². The van der Waals surface area contributed by atoms with Crippen LogP contribution in [0.2, 0.25) is 0 Å². The van der Waals surface area contributed by atoms with Gasteiger partial charge in [-0.3, -0.25) is 14.5 Å². The molecule has 0 spiro atoms. The maximum atomic E-state index is 13.2. The van der Waals surface area contributed by atoms with Gasteiger partial charge in [-0.15, -0.1) is 0 Å². The molecule has 6 rings (SSSR count). The van der Waals surface area contributed by atoms with Crippen LogP contribution in [0.15, 0.2) is 109 Å². The van der Waals surface area contributed by atoms with E-state index in [1.165, 1.54) is 11.1 Å². The van der Waals surface area contributed by atoms with Gasteiger partial charge in [0.2, 0.25) is 5.91 Å². The zero-order valence-electron chi connectivity index (χ0n) is 27.5. The number of aliphatic hydroxyl groups excluding tert-OH is 1. The van der Waals surface area contributed by atoms with Gasteiger partial charge >= 0.3 is 12.1 Å². The fourth-order valence-electron chi connectivity index (χ4n) is 6.62. The van der Waals surface area contributed by atoms with Gasteiger partial charge in [0.25, 0.3) is 0 Å². The lowest BCUT2D eigenvalue weighted by atomic mass is 9.99. The van der Waals surface area contributed by atoms with E-state index < -0.39 is 30.3 Å². The number of carbonyl (C=O) groups is 2. The summed E-state index contributed by atoms with van der Waals surface area (Å²) in [6, 6.07) is 33.7. The summed E-state index contributed by atoms with van der Waals surface area (Å²) in [5.74, 6) is -2.69. The van der Waals surface area contributed by atoms with Gasteiger partial charge in [0.05, 0.1) is 18.8 Å². The number of nitrogens with one attached hydrogen (secondary N) is 1. The molecule has 0 aliphatic carbocycles. The van der Waals surface area contributed by atoms with Gasteiger partial charge < -0.3 is 24.8 Å². The van der Waals surface area contributed by atoms with Crippen molar-refractivity contribution >= 4 is 17.5 Å². The smallest absolute Gasteiger partial charge is 0.392 e. The summed E-state index contributed by atoms with van der Waals surface area (Å²) in [4.78, 5) is 28.1. The molecule has 2 aliphatic rings. The van der Waals surface area contributed by atoms with Crippen LogP contribution in [0.3, 0.4) is 0 Å². The molecule has 0 unspecified atom stereocenters. The lowest BCUT2D eigenvalue weighted by Gasteiger charge is -2.38. The third kappa shape index (κ3) is 8.97. The molecular weight excluding hydrogens is 647 g/mol. The number of amides is 2. The summed E-state index contributed by atoms with van der Waals surface area (Å²) in [6.07, 6.45) is -5.47. The number of ether oxygens (including phenoxy) is 2. The van der Waals surface area contributed by atoms with Crippen LogP contribution < -0.4 is 5.32 Å². The molecule has 2 saturated heterocycles. The minimum Gasteiger partial charge on any atom is -0.392 e. The van der Waals surface area contributed by atoms with Crippen LogP contribution in [0.1, 0.15) is 59.5 Å². The normalized spacial score (nSPS) is 20.9. The van der Waals surface area contributed by atoms with E-state index in [0.29, 0.717) is 48.6 Å². The number of rotatable bonds is 11. The van der Waals surface area contributed by atoms with Crippen molar-refractivity contribution in [2.24, 2.45) is 0 Å². The Bertz CT molecular complexity index is 1680. The molecule has 11 heteroatoms. The summed E-state index contributed by atoms with van der Waals surface area (Å²) < 4.78 is 52.7. The topological polar surface area (TPSA) is 91.3 Å². The van der Waals surface area contributed by atoms with Crippen molar-refractivity contribution in [3.63, 3.8) is 0 Å². The zero-order valence-corrected chi connectivity index (χ0v) is 27.5. The third-order valence-corrected chi connectivity index (χ3v) is 9.06. The standard InChI is InChI=1S/C39H40F3N3O5/c40-39(41,42)38(48)45-20-8-15-34(45)36(47)43-32-14-7-13-31(21-32)37-49-33(22-35(50-37)30-18-16-29(26-46)17-19-30)25-44(23-27-9-3-1-4-10-27)24-28-11-5-2-6-12-28/h1-7,9-14,16-19,21,33-35,37,46H,8,15,20,22-26H2,(H,43,47)/t33-,34+,35+,37+/m1/s1. The minimum atomic E-state index is -5.05. The number of nitrogens with zero attached hydrogens (tertiary/aromatic N) is 2. The Labute approximate surface area is 289 Å². The van der Waals surface area contributed by atoms with E-state index in [9.17, 15) is 27.9 Å². The molecule has 2 N–H and O–H groups in total. The van der Waals surface area contributed by atoms with Crippen molar-refractivity contribution in [3.05, 3.63) is 137 Å². The highest BCUT2D eigenvalue weighted by Gasteiger charge is 2.47. The van der Waals surface area contributed by atoms with E-state index in [4.69, 9.17) is 9.47 Å². The number of hydrogen-bond donors (Lipinski definition) is 2. The highest BCUT2D eigenvalue weighted by Crippen LogP contribution is 2.39. The highest BCUT2D eigenvalue weighted by molar-refractivity contribution is 5.98. The summed E-state index contributed by atoms with van der Waals surface area (Å²) in [5, 5.41) is 12.3. The number of carbonyl (C=O) groups excluding carboxylic acids is 2. The first-order chi connectivity index (χ1) is 24.2. The molecule has 0 bridgehead atoms. The number of hydrogen-bond acceptors (Lipinski definition) is 6. The predicted octanol–water partition coefficient (Wildman–Crippen LogP) is 6.92. The second-order valence-corrected chi connectivity index (χ2v) is 12.8. The second kappa shape index (κ2) is 16.0. The van der Waals surface area contributed by atoms with Crippen LogP contribution in [0.4, 0.5) is 18.9 Å². The number of benzene rings is 4. The predicted molar refractivity (Wildman–Crippen MR) is 181 cm³/mol. The molecule has 4 aromatic rings. The van der Waals surface area contributed by atoms with E-state index in [1.54, 1.807) is 18.2 Å². The summed E-state index contributed by atoms with van der Waals surface area (Å²) >= 11 is 0. The number of likely N-dealkylation sites (tertiary alicyclic amines) is 1. The molecule has 0 radical (unpaired) electrons. The van der Waals surface area contributed by atoms with Crippen molar-refractivity contribution in [3.8, 4) is 0 Å². The summed E-state index contributed by atoms with van der Waals surface area (Å²) in [5.41, 5.74) is 5.03. The van der Waals surface area contributed by atoms with Gasteiger partial charge in [-0.05, 0) is 47.2 Å². The molecule has 0 saturated carbocycles. The molecule has 2 fully saturated rings. The Balaban J connectivity index is 1.23. The molecule has 4 aromatic carbocycles. The zero-order chi connectivity index (χ0) is 35.1. The van der Waals surface area contributed by atoms with Gasteiger partial charge in [-0.2, -0.15) is 13.2 Å². The molecule has 2 amide bonds. The van der Waals surface area contributed by atoms with E-state index in [-0.39, 0.29) is 31.8 Å². The average Bonchev–Trinajstić information content (AvgIpc) is 3.62. The quantitative estimate of drug-likeness (QED) is 0.178.